The van der Waals surface area contributed by atoms with Gasteiger partial charge in [0.25, 0.3) is 5.91 Å². The van der Waals surface area contributed by atoms with E-state index in [4.69, 9.17) is 4.52 Å². The van der Waals surface area contributed by atoms with Crippen molar-refractivity contribution in [3.63, 3.8) is 0 Å². The summed E-state index contributed by atoms with van der Waals surface area (Å²) in [5.41, 5.74) is 2.22. The van der Waals surface area contributed by atoms with Gasteiger partial charge in [-0.05, 0) is 50.6 Å². The Morgan fingerprint density at radius 2 is 1.96 bits per heavy atom. The zero-order chi connectivity index (χ0) is 17.8. The molecule has 3 rings (SSSR count). The molecule has 25 heavy (non-hydrogen) atoms. The lowest BCUT2D eigenvalue weighted by Gasteiger charge is -2.20. The van der Waals surface area contributed by atoms with Crippen LogP contribution in [0, 0.1) is 13.8 Å². The van der Waals surface area contributed by atoms with Crippen molar-refractivity contribution in [1.82, 2.24) is 15.4 Å². The Kier molecular flexibility index (Phi) is 4.74. The summed E-state index contributed by atoms with van der Waals surface area (Å²) in [7, 11) is 0. The number of anilines is 3. The Bertz CT molecular complexity index is 873. The minimum Gasteiger partial charge on any atom is -0.360 e. The molecule has 7 nitrogen and oxygen atoms in total. The number of nitrogens with one attached hydrogen (secondary N) is 1. The molecule has 0 radical (unpaired) electrons. The third kappa shape index (κ3) is 3.82. The number of aryl methyl sites for hydroxylation is 2. The molecule has 0 aliphatic rings. The van der Waals surface area contributed by atoms with Gasteiger partial charge in [0.1, 0.15) is 5.76 Å². The second-order valence-electron chi connectivity index (χ2n) is 5.64. The molecule has 0 bridgehead atoms. The number of benzene rings is 1. The molecule has 7 heteroatoms. The monoisotopic (exact) mass is 337 g/mol. The van der Waals surface area contributed by atoms with Crippen molar-refractivity contribution in [3.05, 3.63) is 59.5 Å². The summed E-state index contributed by atoms with van der Waals surface area (Å²) in [6, 6.07) is 12.9. The summed E-state index contributed by atoms with van der Waals surface area (Å²) < 4.78 is 4.98. The van der Waals surface area contributed by atoms with E-state index in [-0.39, 0.29) is 11.6 Å². The first-order valence-electron chi connectivity index (χ1n) is 7.99. The predicted molar refractivity (Wildman–Crippen MR) is 95.1 cm³/mol. The van der Waals surface area contributed by atoms with Crippen molar-refractivity contribution in [1.29, 1.82) is 0 Å². The normalized spacial score (nSPS) is 10.5. The van der Waals surface area contributed by atoms with Crippen LogP contribution < -0.4 is 10.2 Å². The van der Waals surface area contributed by atoms with Crippen molar-refractivity contribution in [2.75, 3.05) is 16.8 Å². The quantitative estimate of drug-likeness (QED) is 0.767. The third-order valence-corrected chi connectivity index (χ3v) is 3.64. The first-order chi connectivity index (χ1) is 12.1. The van der Waals surface area contributed by atoms with Gasteiger partial charge in [-0.25, -0.2) is 0 Å². The predicted octanol–water partition coefficient (Wildman–Crippen LogP) is 3.49. The number of carbonyl (C=O) groups is 1. The highest BCUT2D eigenvalue weighted by Crippen LogP contribution is 2.19. The smallest absolute Gasteiger partial charge is 0.278 e. The van der Waals surface area contributed by atoms with Crippen LogP contribution in [0.5, 0.6) is 0 Å². The Morgan fingerprint density at radius 3 is 2.56 bits per heavy atom. The Morgan fingerprint density at radius 1 is 1.12 bits per heavy atom. The molecule has 128 valence electrons. The molecule has 0 atom stereocenters. The molecule has 1 N–H and O–H groups in total. The number of hydrogen-bond acceptors (Lipinski definition) is 6. The molecule has 1 amide bonds. The lowest BCUT2D eigenvalue weighted by atomic mass is 10.2. The standard InChI is InChI=1S/C18H19N5O2/c1-4-23(14-7-5-6-12(2)10-14)18(24)15-8-9-16(21-20-15)19-17-11-13(3)25-22-17/h5-11H,4H2,1-3H3,(H,19,21,22). The fraction of sp³-hybridized carbons (Fsp3) is 0.222. The summed E-state index contributed by atoms with van der Waals surface area (Å²) in [5.74, 6) is 1.53. The zero-order valence-electron chi connectivity index (χ0n) is 14.4. The van der Waals surface area contributed by atoms with E-state index >= 15 is 0 Å². The van der Waals surface area contributed by atoms with E-state index in [0.717, 1.165) is 11.3 Å². The summed E-state index contributed by atoms with van der Waals surface area (Å²) in [4.78, 5) is 14.4. The summed E-state index contributed by atoms with van der Waals surface area (Å²) in [6.45, 7) is 6.27. The molecule has 2 heterocycles. The van der Waals surface area contributed by atoms with Crippen LogP contribution >= 0.6 is 0 Å². The molecule has 3 aromatic rings. The van der Waals surface area contributed by atoms with Crippen LogP contribution in [0.4, 0.5) is 17.3 Å². The number of amides is 1. The Hall–Kier alpha value is -3.22. The number of aromatic nitrogens is 3. The lowest BCUT2D eigenvalue weighted by Crippen LogP contribution is -2.31. The summed E-state index contributed by atoms with van der Waals surface area (Å²) in [5, 5.41) is 14.9. The van der Waals surface area contributed by atoms with Gasteiger partial charge in [-0.15, -0.1) is 10.2 Å². The lowest BCUT2D eigenvalue weighted by molar-refractivity contribution is 0.0982. The fourth-order valence-electron chi connectivity index (χ4n) is 2.45. The van der Waals surface area contributed by atoms with Crippen LogP contribution in [0.2, 0.25) is 0 Å². The minimum absolute atomic E-state index is 0.190. The SMILES string of the molecule is CCN(C(=O)c1ccc(Nc2cc(C)on2)nn1)c1cccc(C)c1. The molecule has 1 aromatic carbocycles. The second kappa shape index (κ2) is 7.12. The van der Waals surface area contributed by atoms with Crippen molar-refractivity contribution in [2.45, 2.75) is 20.8 Å². The molecule has 0 saturated carbocycles. The molecule has 0 unspecified atom stereocenters. The van der Waals surface area contributed by atoms with Crippen molar-refractivity contribution < 1.29 is 9.32 Å². The minimum atomic E-state index is -0.190. The summed E-state index contributed by atoms with van der Waals surface area (Å²) in [6.07, 6.45) is 0. The molecule has 0 spiro atoms. The van der Waals surface area contributed by atoms with Crippen molar-refractivity contribution in [3.8, 4) is 0 Å². The van der Waals surface area contributed by atoms with Gasteiger partial charge in [0.2, 0.25) is 0 Å². The number of rotatable bonds is 5. The van der Waals surface area contributed by atoms with Gasteiger partial charge in [-0.1, -0.05) is 17.3 Å². The summed E-state index contributed by atoms with van der Waals surface area (Å²) >= 11 is 0. The van der Waals surface area contributed by atoms with Crippen LogP contribution in [0.1, 0.15) is 28.7 Å². The van der Waals surface area contributed by atoms with Gasteiger partial charge in [-0.3, -0.25) is 4.79 Å². The largest absolute Gasteiger partial charge is 0.360 e. The van der Waals surface area contributed by atoms with E-state index in [1.165, 1.54) is 0 Å². The van der Waals surface area contributed by atoms with Gasteiger partial charge < -0.3 is 14.7 Å². The fourth-order valence-corrected chi connectivity index (χ4v) is 2.45. The average Bonchev–Trinajstić information content (AvgIpc) is 3.01. The first kappa shape index (κ1) is 16.6. The van der Waals surface area contributed by atoms with Crippen molar-refractivity contribution in [2.24, 2.45) is 0 Å². The van der Waals surface area contributed by atoms with Crippen LogP contribution in [-0.2, 0) is 0 Å². The van der Waals surface area contributed by atoms with Crippen LogP contribution in [0.3, 0.4) is 0 Å². The topological polar surface area (TPSA) is 84.2 Å². The maximum absolute atomic E-state index is 12.7. The van der Waals surface area contributed by atoms with Crippen molar-refractivity contribution >= 4 is 23.2 Å². The van der Waals surface area contributed by atoms with Gasteiger partial charge in [-0.2, -0.15) is 0 Å². The number of nitrogens with zero attached hydrogens (tertiary/aromatic N) is 4. The molecule has 0 aliphatic heterocycles. The number of carbonyl (C=O) groups excluding carboxylic acids is 1. The van der Waals surface area contributed by atoms with Crippen LogP contribution in [-0.4, -0.2) is 27.8 Å². The van der Waals surface area contributed by atoms with Gasteiger partial charge in [0.15, 0.2) is 17.3 Å². The Balaban J connectivity index is 1.77. The highest BCUT2D eigenvalue weighted by Gasteiger charge is 2.18. The molecule has 0 aliphatic carbocycles. The Labute approximate surface area is 145 Å². The average molecular weight is 337 g/mol. The van der Waals surface area contributed by atoms with E-state index in [1.807, 2.05) is 38.1 Å². The number of hydrogen-bond donors (Lipinski definition) is 1. The second-order valence-corrected chi connectivity index (χ2v) is 5.64. The molecular formula is C18H19N5O2. The molecular weight excluding hydrogens is 318 g/mol. The van der Waals surface area contributed by atoms with E-state index in [1.54, 1.807) is 30.0 Å². The van der Waals surface area contributed by atoms with Crippen LogP contribution in [0.15, 0.2) is 47.0 Å². The van der Waals surface area contributed by atoms with E-state index in [0.29, 0.717) is 23.9 Å². The first-order valence-corrected chi connectivity index (χ1v) is 7.99. The van der Waals surface area contributed by atoms with E-state index in [2.05, 4.69) is 20.7 Å². The van der Waals surface area contributed by atoms with Gasteiger partial charge >= 0.3 is 0 Å². The van der Waals surface area contributed by atoms with Gasteiger partial charge in [0, 0.05) is 18.3 Å². The van der Waals surface area contributed by atoms with E-state index < -0.39 is 0 Å². The molecule has 2 aromatic heterocycles. The maximum Gasteiger partial charge on any atom is 0.278 e. The van der Waals surface area contributed by atoms with Gasteiger partial charge in [0.05, 0.1) is 0 Å². The maximum atomic E-state index is 12.7. The molecule has 0 saturated heterocycles. The highest BCUT2D eigenvalue weighted by molar-refractivity contribution is 6.04. The third-order valence-electron chi connectivity index (χ3n) is 3.64. The van der Waals surface area contributed by atoms with Crippen LogP contribution in [0.25, 0.3) is 0 Å². The zero-order valence-corrected chi connectivity index (χ0v) is 14.4. The molecule has 0 fully saturated rings. The van der Waals surface area contributed by atoms with E-state index in [9.17, 15) is 4.79 Å². The highest BCUT2D eigenvalue weighted by atomic mass is 16.5.